The van der Waals surface area contributed by atoms with Crippen LogP contribution in [-0.4, -0.2) is 51.0 Å². The summed E-state index contributed by atoms with van der Waals surface area (Å²) in [4.78, 5) is 12.4. The van der Waals surface area contributed by atoms with Gasteiger partial charge in [0, 0.05) is 24.3 Å². The van der Waals surface area contributed by atoms with Crippen molar-refractivity contribution in [3.05, 3.63) is 40.1 Å². The molecule has 1 aliphatic carbocycles. The van der Waals surface area contributed by atoms with E-state index in [-0.39, 0.29) is 24.8 Å². The molecule has 174 valence electrons. The van der Waals surface area contributed by atoms with E-state index in [1.165, 1.54) is 25.7 Å². The van der Waals surface area contributed by atoms with Crippen LogP contribution in [0.2, 0.25) is 10.0 Å². The summed E-state index contributed by atoms with van der Waals surface area (Å²) in [7, 11) is 0. The Balaban J connectivity index is 1.24. The minimum atomic E-state index is -0.460. The molecule has 0 spiro atoms. The summed E-state index contributed by atoms with van der Waals surface area (Å²) in [6, 6.07) is 4.22. The number of carbonyl (C=O) groups is 1. The fourth-order valence-corrected chi connectivity index (χ4v) is 4.82. The number of hydrogen-bond acceptors (Lipinski definition) is 5. The maximum atomic E-state index is 12.4. The average Bonchev–Trinajstić information content (AvgIpc) is 3.47. The minimum absolute atomic E-state index is 0.00228. The maximum Gasteiger partial charge on any atom is 0.319 e. The Hall–Kier alpha value is -1.87. The lowest BCUT2D eigenvalue weighted by molar-refractivity contribution is -0.0905. The second kappa shape index (κ2) is 10.8. The first-order chi connectivity index (χ1) is 15.5. The van der Waals surface area contributed by atoms with Gasteiger partial charge in [0.2, 0.25) is 0 Å². The molecule has 8 nitrogen and oxygen atoms in total. The monoisotopic (exact) mass is 481 g/mol. The standard InChI is InChI=1S/C22H29Cl2N5O3/c23-17-7-5-15(11-18(17)24)25-22(31)26-19-8-6-16(32-21(19)13-30)9-10-29-12-20(27-28-29)14-3-1-2-4-14/h5,7,11-12,14,16,19,21,30H,1-4,6,8-10,13H2,(H2,25,26,31)/t16-,19-,21+/m0/s1. The molecule has 2 amide bonds. The van der Waals surface area contributed by atoms with E-state index in [0.717, 1.165) is 31.5 Å². The molecule has 0 unspecified atom stereocenters. The van der Waals surface area contributed by atoms with Crippen molar-refractivity contribution in [1.29, 1.82) is 0 Å². The van der Waals surface area contributed by atoms with Crippen molar-refractivity contribution < 1.29 is 14.6 Å². The number of aryl methyl sites for hydroxylation is 1. The molecule has 1 saturated carbocycles. The molecule has 2 heterocycles. The SMILES string of the molecule is O=C(Nc1ccc(Cl)c(Cl)c1)N[C@H]1CC[C@@H](CCn2cc(C3CCCC3)nn2)O[C@@H]1CO. The highest BCUT2D eigenvalue weighted by Gasteiger charge is 2.32. The number of benzene rings is 1. The summed E-state index contributed by atoms with van der Waals surface area (Å²) >= 11 is 11.9. The first-order valence-electron chi connectivity index (χ1n) is 11.2. The number of nitrogens with zero attached hydrogens (tertiary/aromatic N) is 3. The van der Waals surface area contributed by atoms with Gasteiger partial charge in [-0.05, 0) is 50.3 Å². The van der Waals surface area contributed by atoms with Crippen LogP contribution in [0.1, 0.15) is 56.6 Å². The Morgan fingerprint density at radius 2 is 2.00 bits per heavy atom. The van der Waals surface area contributed by atoms with Crippen LogP contribution in [0.5, 0.6) is 0 Å². The molecule has 1 aromatic carbocycles. The van der Waals surface area contributed by atoms with Crippen LogP contribution in [-0.2, 0) is 11.3 Å². The van der Waals surface area contributed by atoms with Crippen molar-refractivity contribution in [2.75, 3.05) is 11.9 Å². The van der Waals surface area contributed by atoms with Gasteiger partial charge in [-0.15, -0.1) is 5.10 Å². The molecule has 2 aromatic rings. The zero-order valence-corrected chi connectivity index (χ0v) is 19.4. The lowest BCUT2D eigenvalue weighted by atomic mass is 9.97. The number of amides is 2. The molecule has 10 heteroatoms. The van der Waals surface area contributed by atoms with Gasteiger partial charge in [0.15, 0.2) is 0 Å². The smallest absolute Gasteiger partial charge is 0.319 e. The third-order valence-electron chi connectivity index (χ3n) is 6.30. The lowest BCUT2D eigenvalue weighted by Gasteiger charge is -2.36. The Labute approximate surface area is 197 Å². The van der Waals surface area contributed by atoms with Crippen molar-refractivity contribution in [2.45, 2.75) is 75.7 Å². The number of urea groups is 1. The van der Waals surface area contributed by atoms with E-state index in [9.17, 15) is 9.90 Å². The second-order valence-electron chi connectivity index (χ2n) is 8.57. The second-order valence-corrected chi connectivity index (χ2v) is 9.38. The number of rotatable bonds is 7. The van der Waals surface area contributed by atoms with Crippen LogP contribution in [0.3, 0.4) is 0 Å². The van der Waals surface area contributed by atoms with Gasteiger partial charge in [-0.3, -0.25) is 4.68 Å². The summed E-state index contributed by atoms with van der Waals surface area (Å²) in [5.74, 6) is 0.551. The van der Waals surface area contributed by atoms with Crippen LogP contribution >= 0.6 is 23.2 Å². The predicted octanol–water partition coefficient (Wildman–Crippen LogP) is 4.36. The highest BCUT2D eigenvalue weighted by Crippen LogP contribution is 2.32. The van der Waals surface area contributed by atoms with Crippen molar-refractivity contribution >= 4 is 34.9 Å². The van der Waals surface area contributed by atoms with Gasteiger partial charge in [0.25, 0.3) is 0 Å². The van der Waals surface area contributed by atoms with E-state index < -0.39 is 6.10 Å². The Morgan fingerprint density at radius 1 is 1.19 bits per heavy atom. The molecule has 1 aromatic heterocycles. The lowest BCUT2D eigenvalue weighted by Crippen LogP contribution is -2.52. The first kappa shape index (κ1) is 23.3. The molecule has 3 N–H and O–H groups in total. The fraction of sp³-hybridized carbons (Fsp3) is 0.591. The van der Waals surface area contributed by atoms with Crippen molar-refractivity contribution in [3.8, 4) is 0 Å². The van der Waals surface area contributed by atoms with Crippen LogP contribution < -0.4 is 10.6 Å². The maximum absolute atomic E-state index is 12.4. The van der Waals surface area contributed by atoms with E-state index in [2.05, 4.69) is 27.1 Å². The van der Waals surface area contributed by atoms with Crippen LogP contribution in [0.15, 0.2) is 24.4 Å². The van der Waals surface area contributed by atoms with Gasteiger partial charge < -0.3 is 20.5 Å². The molecule has 3 atom stereocenters. The van der Waals surface area contributed by atoms with Crippen LogP contribution in [0, 0.1) is 0 Å². The molecule has 0 bridgehead atoms. The van der Waals surface area contributed by atoms with Crippen molar-refractivity contribution in [1.82, 2.24) is 20.3 Å². The Morgan fingerprint density at radius 3 is 2.75 bits per heavy atom. The van der Waals surface area contributed by atoms with E-state index in [1.54, 1.807) is 18.2 Å². The fourth-order valence-electron chi connectivity index (χ4n) is 4.53. The number of aliphatic hydroxyl groups is 1. The van der Waals surface area contributed by atoms with Gasteiger partial charge in [0.1, 0.15) is 6.10 Å². The quantitative estimate of drug-likeness (QED) is 0.545. The summed E-state index contributed by atoms with van der Waals surface area (Å²) in [6.45, 7) is 0.557. The van der Waals surface area contributed by atoms with Gasteiger partial charge in [-0.1, -0.05) is 41.3 Å². The zero-order valence-electron chi connectivity index (χ0n) is 17.8. The molecule has 4 rings (SSSR count). The van der Waals surface area contributed by atoms with E-state index in [1.807, 2.05) is 4.68 Å². The number of hydrogen-bond donors (Lipinski definition) is 3. The van der Waals surface area contributed by atoms with E-state index in [0.29, 0.717) is 21.7 Å². The van der Waals surface area contributed by atoms with Gasteiger partial charge >= 0.3 is 6.03 Å². The van der Waals surface area contributed by atoms with Gasteiger partial charge in [0.05, 0.1) is 34.5 Å². The molecule has 2 fully saturated rings. The third kappa shape index (κ3) is 5.92. The normalized spacial score (nSPS) is 23.9. The number of halogens is 2. The molecular weight excluding hydrogens is 453 g/mol. The van der Waals surface area contributed by atoms with Gasteiger partial charge in [-0.25, -0.2) is 4.79 Å². The topological polar surface area (TPSA) is 101 Å². The number of aliphatic hydroxyl groups excluding tert-OH is 1. The third-order valence-corrected chi connectivity index (χ3v) is 7.04. The number of anilines is 1. The predicted molar refractivity (Wildman–Crippen MR) is 123 cm³/mol. The molecular formula is C22H29Cl2N5O3. The van der Waals surface area contributed by atoms with E-state index in [4.69, 9.17) is 27.9 Å². The van der Waals surface area contributed by atoms with Crippen molar-refractivity contribution in [3.63, 3.8) is 0 Å². The molecule has 1 saturated heterocycles. The molecule has 0 radical (unpaired) electrons. The van der Waals surface area contributed by atoms with E-state index >= 15 is 0 Å². The van der Waals surface area contributed by atoms with Crippen LogP contribution in [0.4, 0.5) is 10.5 Å². The summed E-state index contributed by atoms with van der Waals surface area (Å²) in [5.41, 5.74) is 1.63. The highest BCUT2D eigenvalue weighted by atomic mass is 35.5. The van der Waals surface area contributed by atoms with Crippen LogP contribution in [0.25, 0.3) is 0 Å². The Bertz CT molecular complexity index is 919. The zero-order chi connectivity index (χ0) is 22.5. The summed E-state index contributed by atoms with van der Waals surface area (Å²) in [6.07, 6.45) is 8.85. The van der Waals surface area contributed by atoms with Gasteiger partial charge in [-0.2, -0.15) is 0 Å². The number of ether oxygens (including phenoxy) is 1. The summed E-state index contributed by atoms with van der Waals surface area (Å²) < 4.78 is 7.96. The highest BCUT2D eigenvalue weighted by molar-refractivity contribution is 6.42. The number of carbonyl (C=O) groups excluding carboxylic acids is 1. The average molecular weight is 482 g/mol. The minimum Gasteiger partial charge on any atom is -0.394 e. The molecule has 2 aliphatic rings. The molecule has 32 heavy (non-hydrogen) atoms. The summed E-state index contributed by atoms with van der Waals surface area (Å²) in [5, 5.41) is 24.8. The first-order valence-corrected chi connectivity index (χ1v) is 12.0. The largest absolute Gasteiger partial charge is 0.394 e. The molecule has 1 aliphatic heterocycles. The number of aromatic nitrogens is 3. The van der Waals surface area contributed by atoms with Crippen molar-refractivity contribution in [2.24, 2.45) is 0 Å². The Kier molecular flexibility index (Phi) is 7.88. The number of nitrogens with one attached hydrogen (secondary N) is 2.